The van der Waals surface area contributed by atoms with E-state index in [0.29, 0.717) is 17.0 Å². The number of carboxylic acids is 1. The van der Waals surface area contributed by atoms with Crippen molar-refractivity contribution in [2.75, 3.05) is 0 Å². The number of carboxylic acid groups (broad SMARTS) is 1. The molecular weight excluding hydrogens is 258 g/mol. The van der Waals surface area contributed by atoms with Crippen molar-refractivity contribution in [2.24, 2.45) is 0 Å². The number of benzene rings is 1. The molecule has 0 radical (unpaired) electrons. The molecule has 0 saturated heterocycles. The van der Waals surface area contributed by atoms with E-state index in [0.717, 1.165) is 5.56 Å². The molecule has 6 heteroatoms. The maximum atomic E-state index is 11.0. The van der Waals surface area contributed by atoms with Crippen LogP contribution in [-0.4, -0.2) is 30.8 Å². The molecule has 0 aliphatic heterocycles. The van der Waals surface area contributed by atoms with Crippen molar-refractivity contribution in [3.8, 4) is 17.1 Å². The number of pyridine rings is 1. The maximum Gasteiger partial charge on any atom is 0.337 e. The lowest BCUT2D eigenvalue weighted by Crippen LogP contribution is -1.99. The van der Waals surface area contributed by atoms with Crippen LogP contribution >= 0.6 is 0 Å². The lowest BCUT2D eigenvalue weighted by Gasteiger charge is -2.04. The highest BCUT2D eigenvalue weighted by atomic mass is 16.4. The molecular formula is C14H11N3O3. The third-order valence-electron chi connectivity index (χ3n) is 3.10. The highest BCUT2D eigenvalue weighted by molar-refractivity contribution is 5.87. The first kappa shape index (κ1) is 12.2. The number of phenols is 1. The first-order valence-corrected chi connectivity index (χ1v) is 5.94. The predicted octanol–water partition coefficient (Wildman–Crippen LogP) is 2.11. The minimum Gasteiger partial charge on any atom is -0.508 e. The van der Waals surface area contributed by atoms with Gasteiger partial charge in [-0.2, -0.15) is 0 Å². The van der Waals surface area contributed by atoms with E-state index >= 15 is 0 Å². The number of nitrogens with zero attached hydrogens (tertiary/aromatic N) is 3. The van der Waals surface area contributed by atoms with Crippen LogP contribution in [0.5, 0.6) is 5.75 Å². The van der Waals surface area contributed by atoms with Crippen molar-refractivity contribution >= 4 is 11.6 Å². The Balaban J connectivity index is 2.22. The molecule has 0 saturated carbocycles. The molecule has 0 bridgehead atoms. The average Bonchev–Trinajstić information content (AvgIpc) is 2.84. The summed E-state index contributed by atoms with van der Waals surface area (Å²) < 4.78 is 1.62. The van der Waals surface area contributed by atoms with Crippen LogP contribution in [0.1, 0.15) is 15.9 Å². The lowest BCUT2D eigenvalue weighted by atomic mass is 10.1. The lowest BCUT2D eigenvalue weighted by molar-refractivity contribution is 0.0696. The van der Waals surface area contributed by atoms with Gasteiger partial charge in [0.25, 0.3) is 0 Å². The number of aromatic hydroxyl groups is 1. The number of hydrogen-bond donors (Lipinski definition) is 2. The summed E-state index contributed by atoms with van der Waals surface area (Å²) >= 11 is 0. The number of aromatic nitrogens is 3. The van der Waals surface area contributed by atoms with Gasteiger partial charge in [0.05, 0.1) is 5.56 Å². The first-order valence-electron chi connectivity index (χ1n) is 5.94. The van der Waals surface area contributed by atoms with E-state index < -0.39 is 5.97 Å². The van der Waals surface area contributed by atoms with E-state index in [1.807, 2.05) is 0 Å². The number of carbonyl (C=O) groups is 1. The summed E-state index contributed by atoms with van der Waals surface area (Å²) in [5, 5.41) is 26.7. The molecule has 1 aromatic carbocycles. The van der Waals surface area contributed by atoms with Gasteiger partial charge in [0, 0.05) is 11.8 Å². The van der Waals surface area contributed by atoms with Crippen LogP contribution in [0.2, 0.25) is 0 Å². The molecule has 2 aromatic heterocycles. The molecule has 0 atom stereocenters. The number of rotatable bonds is 2. The number of phenolic OH excluding ortho intramolecular Hbond substituents is 1. The van der Waals surface area contributed by atoms with Crippen LogP contribution in [0, 0.1) is 6.92 Å². The van der Waals surface area contributed by atoms with E-state index in [1.165, 1.54) is 12.3 Å². The van der Waals surface area contributed by atoms with Gasteiger partial charge in [0.15, 0.2) is 11.5 Å². The molecule has 3 aromatic rings. The quantitative estimate of drug-likeness (QED) is 0.744. The Hall–Kier alpha value is -2.89. The van der Waals surface area contributed by atoms with Gasteiger partial charge in [-0.15, -0.1) is 10.2 Å². The van der Waals surface area contributed by atoms with Crippen molar-refractivity contribution in [1.82, 2.24) is 14.6 Å². The Morgan fingerprint density at radius 3 is 2.70 bits per heavy atom. The Morgan fingerprint density at radius 2 is 2.00 bits per heavy atom. The van der Waals surface area contributed by atoms with Crippen molar-refractivity contribution in [2.45, 2.75) is 6.92 Å². The fourth-order valence-corrected chi connectivity index (χ4v) is 2.01. The zero-order chi connectivity index (χ0) is 14.3. The summed E-state index contributed by atoms with van der Waals surface area (Å²) in [5.41, 5.74) is 2.20. The molecule has 6 nitrogen and oxygen atoms in total. The van der Waals surface area contributed by atoms with Gasteiger partial charge in [-0.05, 0) is 42.8 Å². The second kappa shape index (κ2) is 4.34. The second-order valence-electron chi connectivity index (χ2n) is 4.48. The highest BCUT2D eigenvalue weighted by Gasteiger charge is 2.11. The largest absolute Gasteiger partial charge is 0.508 e. The number of aromatic carboxylic acids is 1. The normalized spacial score (nSPS) is 10.8. The standard InChI is InChI=1S/C14H11N3O3/c1-8-6-9(2-4-11(8)18)13-16-15-12-5-3-10(14(19)20)7-17(12)13/h2-7,18H,1H3,(H,19,20). The fraction of sp³-hybridized carbons (Fsp3) is 0.0714. The topological polar surface area (TPSA) is 87.7 Å². The van der Waals surface area contributed by atoms with E-state index in [1.54, 1.807) is 35.6 Å². The van der Waals surface area contributed by atoms with Crippen LogP contribution in [0.15, 0.2) is 36.5 Å². The molecule has 20 heavy (non-hydrogen) atoms. The van der Waals surface area contributed by atoms with E-state index in [4.69, 9.17) is 5.11 Å². The van der Waals surface area contributed by atoms with Gasteiger partial charge in [-0.3, -0.25) is 4.40 Å². The number of aryl methyl sites for hydroxylation is 1. The first-order chi connectivity index (χ1) is 9.56. The molecule has 3 rings (SSSR count). The molecule has 0 spiro atoms. The Bertz CT molecular complexity index is 824. The van der Waals surface area contributed by atoms with E-state index in [9.17, 15) is 9.90 Å². The molecule has 0 aliphatic carbocycles. The van der Waals surface area contributed by atoms with Crippen LogP contribution < -0.4 is 0 Å². The fourth-order valence-electron chi connectivity index (χ4n) is 2.01. The zero-order valence-corrected chi connectivity index (χ0v) is 10.6. The molecule has 0 aliphatic rings. The van der Waals surface area contributed by atoms with Gasteiger partial charge in [-0.1, -0.05) is 0 Å². The number of hydrogen-bond acceptors (Lipinski definition) is 4. The smallest absolute Gasteiger partial charge is 0.337 e. The molecule has 2 heterocycles. The van der Waals surface area contributed by atoms with Crippen LogP contribution in [0.25, 0.3) is 17.0 Å². The van der Waals surface area contributed by atoms with Crippen molar-refractivity contribution in [3.05, 3.63) is 47.7 Å². The highest BCUT2D eigenvalue weighted by Crippen LogP contribution is 2.24. The van der Waals surface area contributed by atoms with Gasteiger partial charge in [-0.25, -0.2) is 4.79 Å². The predicted molar refractivity (Wildman–Crippen MR) is 71.8 cm³/mol. The van der Waals surface area contributed by atoms with Crippen LogP contribution in [0.4, 0.5) is 0 Å². The molecule has 100 valence electrons. The van der Waals surface area contributed by atoms with Gasteiger partial charge < -0.3 is 10.2 Å². The van der Waals surface area contributed by atoms with Gasteiger partial charge in [0.1, 0.15) is 5.75 Å². The van der Waals surface area contributed by atoms with Crippen molar-refractivity contribution in [3.63, 3.8) is 0 Å². The van der Waals surface area contributed by atoms with Crippen molar-refractivity contribution < 1.29 is 15.0 Å². The average molecular weight is 269 g/mol. The summed E-state index contributed by atoms with van der Waals surface area (Å²) in [7, 11) is 0. The van der Waals surface area contributed by atoms with Crippen LogP contribution in [0.3, 0.4) is 0 Å². The molecule has 0 amide bonds. The monoisotopic (exact) mass is 269 g/mol. The third-order valence-corrected chi connectivity index (χ3v) is 3.10. The summed E-state index contributed by atoms with van der Waals surface area (Å²) in [4.78, 5) is 11.0. The van der Waals surface area contributed by atoms with Gasteiger partial charge in [0.2, 0.25) is 0 Å². The Labute approximate surface area is 113 Å². The van der Waals surface area contributed by atoms with E-state index in [2.05, 4.69) is 10.2 Å². The molecule has 0 fully saturated rings. The summed E-state index contributed by atoms with van der Waals surface area (Å²) in [6.45, 7) is 1.78. The van der Waals surface area contributed by atoms with Gasteiger partial charge >= 0.3 is 5.97 Å². The second-order valence-corrected chi connectivity index (χ2v) is 4.48. The minimum absolute atomic E-state index is 0.161. The molecule has 2 N–H and O–H groups in total. The zero-order valence-electron chi connectivity index (χ0n) is 10.6. The Kier molecular flexibility index (Phi) is 2.64. The SMILES string of the molecule is Cc1cc(-c2nnc3ccc(C(=O)O)cn23)ccc1O. The summed E-state index contributed by atoms with van der Waals surface area (Å²) in [6, 6.07) is 8.16. The number of fused-ring (bicyclic) bond motifs is 1. The third kappa shape index (κ3) is 1.87. The summed E-state index contributed by atoms with van der Waals surface area (Å²) in [6.07, 6.45) is 1.48. The van der Waals surface area contributed by atoms with E-state index in [-0.39, 0.29) is 11.3 Å². The van der Waals surface area contributed by atoms with Crippen molar-refractivity contribution in [1.29, 1.82) is 0 Å². The van der Waals surface area contributed by atoms with Crippen LogP contribution in [-0.2, 0) is 0 Å². The maximum absolute atomic E-state index is 11.0. The minimum atomic E-state index is -1.01. The molecule has 0 unspecified atom stereocenters. The summed E-state index contributed by atoms with van der Waals surface area (Å²) in [5.74, 6) is -0.270. The Morgan fingerprint density at radius 1 is 1.20 bits per heavy atom.